The van der Waals surface area contributed by atoms with Gasteiger partial charge in [-0.15, -0.1) is 0 Å². The second-order valence-electron chi connectivity index (χ2n) is 7.33. The molecule has 0 spiro atoms. The fourth-order valence-electron chi connectivity index (χ4n) is 3.50. The number of benzene rings is 1. The number of rotatable bonds is 6. The van der Waals surface area contributed by atoms with Crippen LogP contribution < -0.4 is 5.32 Å². The monoisotopic (exact) mass is 448 g/mol. The van der Waals surface area contributed by atoms with Crippen molar-refractivity contribution >= 4 is 15.9 Å². The van der Waals surface area contributed by atoms with Crippen molar-refractivity contribution in [2.24, 2.45) is 0 Å². The number of amides is 1. The van der Waals surface area contributed by atoms with E-state index >= 15 is 0 Å². The second-order valence-corrected chi connectivity index (χ2v) is 9.31. The molecular weight excluding hydrogens is 427 g/mol. The first kappa shape index (κ1) is 21.1. The van der Waals surface area contributed by atoms with E-state index in [-0.39, 0.29) is 24.2 Å². The number of sulfonamides is 1. The van der Waals surface area contributed by atoms with E-state index in [1.165, 1.54) is 28.9 Å². The summed E-state index contributed by atoms with van der Waals surface area (Å²) < 4.78 is 43.1. The van der Waals surface area contributed by atoms with Crippen LogP contribution in [0.3, 0.4) is 0 Å². The third-order valence-corrected chi connectivity index (χ3v) is 6.49. The van der Waals surface area contributed by atoms with Gasteiger partial charge in [0.15, 0.2) is 5.82 Å². The van der Waals surface area contributed by atoms with Gasteiger partial charge in [0.2, 0.25) is 15.9 Å². The highest BCUT2D eigenvalue weighted by Gasteiger charge is 2.28. The topological polar surface area (TPSA) is 134 Å². The molecule has 1 aliphatic rings. The number of hydrogen-bond acceptors (Lipinski definition) is 7. The Morgan fingerprint density at radius 3 is 2.68 bits per heavy atom. The predicted octanol–water partition coefficient (Wildman–Crippen LogP) is 1.67. The molecule has 3 heterocycles. The van der Waals surface area contributed by atoms with E-state index in [2.05, 4.69) is 25.7 Å². The number of halogens is 1. The molecule has 12 heteroatoms. The Kier molecular flexibility index (Phi) is 5.83. The maximum atomic E-state index is 13.1. The Balaban J connectivity index is 1.36. The van der Waals surface area contributed by atoms with Crippen molar-refractivity contribution < 1.29 is 22.1 Å². The molecule has 1 saturated heterocycles. The molecule has 1 aromatic carbocycles. The molecular formula is C19H21FN6O4S. The first-order chi connectivity index (χ1) is 14.8. The zero-order valence-electron chi connectivity index (χ0n) is 16.7. The number of aromatic nitrogens is 4. The van der Waals surface area contributed by atoms with Gasteiger partial charge >= 0.3 is 0 Å². The number of nitrogens with zero attached hydrogens (tertiary/aromatic N) is 4. The normalized spacial score (nSPS) is 15.8. The summed E-state index contributed by atoms with van der Waals surface area (Å²) in [5, 5.41) is 13.3. The van der Waals surface area contributed by atoms with Crippen LogP contribution in [0.2, 0.25) is 0 Å². The number of nitrogens with one attached hydrogen (secondary N) is 2. The van der Waals surface area contributed by atoms with Gasteiger partial charge in [0.25, 0.3) is 5.91 Å². The van der Waals surface area contributed by atoms with E-state index in [9.17, 15) is 17.6 Å². The molecule has 0 aliphatic carbocycles. The Morgan fingerprint density at radius 1 is 1.29 bits per heavy atom. The summed E-state index contributed by atoms with van der Waals surface area (Å²) in [5.74, 6) is -0.00340. The van der Waals surface area contributed by atoms with Crippen LogP contribution in [-0.2, 0) is 16.6 Å². The average Bonchev–Trinajstić information content (AvgIpc) is 3.42. The number of hydrogen-bond donors (Lipinski definition) is 2. The Labute approximate surface area is 177 Å². The summed E-state index contributed by atoms with van der Waals surface area (Å²) in [6, 6.07) is 5.72. The molecule has 10 nitrogen and oxygen atoms in total. The molecule has 31 heavy (non-hydrogen) atoms. The van der Waals surface area contributed by atoms with Gasteiger partial charge in [-0.25, -0.2) is 17.1 Å². The number of carbonyl (C=O) groups excluding carboxylic acids is 1. The Morgan fingerprint density at radius 2 is 2.00 bits per heavy atom. The average molecular weight is 448 g/mol. The minimum atomic E-state index is -3.20. The molecule has 1 fully saturated rings. The van der Waals surface area contributed by atoms with Gasteiger partial charge in [-0.2, -0.15) is 10.1 Å². The van der Waals surface area contributed by atoms with E-state index in [1.807, 2.05) is 0 Å². The first-order valence-corrected chi connectivity index (χ1v) is 11.5. The number of aromatic amines is 1. The zero-order valence-corrected chi connectivity index (χ0v) is 17.5. The van der Waals surface area contributed by atoms with Crippen molar-refractivity contribution in [2.75, 3.05) is 19.3 Å². The van der Waals surface area contributed by atoms with Crippen molar-refractivity contribution in [3.8, 4) is 11.3 Å². The maximum Gasteiger partial charge on any atom is 0.255 e. The van der Waals surface area contributed by atoms with Gasteiger partial charge < -0.3 is 9.84 Å². The summed E-state index contributed by atoms with van der Waals surface area (Å²) in [6.07, 6.45) is 3.80. The number of piperidine rings is 1. The zero-order chi connectivity index (χ0) is 22.0. The van der Waals surface area contributed by atoms with Gasteiger partial charge in [0.05, 0.1) is 30.3 Å². The van der Waals surface area contributed by atoms with Crippen molar-refractivity contribution in [1.29, 1.82) is 0 Å². The van der Waals surface area contributed by atoms with Crippen molar-refractivity contribution in [2.45, 2.75) is 25.3 Å². The van der Waals surface area contributed by atoms with E-state index in [0.29, 0.717) is 48.6 Å². The molecule has 0 bridgehead atoms. The smallest absolute Gasteiger partial charge is 0.255 e. The molecule has 0 radical (unpaired) electrons. The third kappa shape index (κ3) is 4.80. The fourth-order valence-corrected chi connectivity index (χ4v) is 4.37. The molecule has 164 valence electrons. The van der Waals surface area contributed by atoms with Crippen LogP contribution in [0.4, 0.5) is 4.39 Å². The van der Waals surface area contributed by atoms with E-state index in [4.69, 9.17) is 4.52 Å². The first-order valence-electron chi connectivity index (χ1n) is 9.66. The van der Waals surface area contributed by atoms with Gasteiger partial charge in [-0.1, -0.05) is 5.16 Å². The molecule has 2 aromatic heterocycles. The summed E-state index contributed by atoms with van der Waals surface area (Å²) in [4.78, 5) is 16.9. The van der Waals surface area contributed by atoms with E-state index in [1.54, 1.807) is 12.1 Å². The van der Waals surface area contributed by atoms with Gasteiger partial charge in [0, 0.05) is 24.6 Å². The lowest BCUT2D eigenvalue weighted by Crippen LogP contribution is -2.37. The van der Waals surface area contributed by atoms with Crippen LogP contribution in [0.5, 0.6) is 0 Å². The SMILES string of the molecule is CS(=O)(=O)N1CCC(c2noc(CNC(=O)c3cn[nH]c3-c3ccc(F)cc3)n2)CC1. The number of carbonyl (C=O) groups is 1. The lowest BCUT2D eigenvalue weighted by Gasteiger charge is -2.28. The Bertz CT molecular complexity index is 1170. The summed E-state index contributed by atoms with van der Waals surface area (Å²) in [7, 11) is -3.20. The minimum Gasteiger partial charge on any atom is -0.343 e. The summed E-state index contributed by atoms with van der Waals surface area (Å²) in [5.41, 5.74) is 1.41. The van der Waals surface area contributed by atoms with Gasteiger partial charge in [0.1, 0.15) is 5.82 Å². The van der Waals surface area contributed by atoms with Crippen molar-refractivity contribution in [3.05, 3.63) is 53.6 Å². The second kappa shape index (κ2) is 8.55. The van der Waals surface area contributed by atoms with E-state index < -0.39 is 15.9 Å². The summed E-state index contributed by atoms with van der Waals surface area (Å²) >= 11 is 0. The maximum absolute atomic E-state index is 13.1. The van der Waals surface area contributed by atoms with Crippen LogP contribution >= 0.6 is 0 Å². The lowest BCUT2D eigenvalue weighted by atomic mass is 9.98. The minimum absolute atomic E-state index is 0.00477. The Hall–Kier alpha value is -3.12. The fraction of sp³-hybridized carbons (Fsp3) is 0.368. The number of H-pyrrole nitrogens is 1. The molecule has 3 aromatic rings. The molecule has 1 aliphatic heterocycles. The van der Waals surface area contributed by atoms with Gasteiger partial charge in [-0.05, 0) is 37.1 Å². The third-order valence-electron chi connectivity index (χ3n) is 5.19. The van der Waals surface area contributed by atoms with Crippen LogP contribution in [0, 0.1) is 5.82 Å². The van der Waals surface area contributed by atoms with Crippen LogP contribution in [0.15, 0.2) is 35.0 Å². The van der Waals surface area contributed by atoms with Crippen molar-refractivity contribution in [3.63, 3.8) is 0 Å². The molecule has 4 rings (SSSR count). The molecule has 0 saturated carbocycles. The standard InChI is InChI=1S/C19H21FN6O4S/c1-31(28,29)26-8-6-13(7-9-26)18-23-16(30-25-18)11-21-19(27)15-10-22-24-17(15)12-2-4-14(20)5-3-12/h2-5,10,13H,6-9,11H2,1H3,(H,21,27)(H,22,24). The largest absolute Gasteiger partial charge is 0.343 e. The quantitative estimate of drug-likeness (QED) is 0.586. The highest BCUT2D eigenvalue weighted by Crippen LogP contribution is 2.27. The molecule has 0 unspecified atom stereocenters. The lowest BCUT2D eigenvalue weighted by molar-refractivity contribution is 0.0947. The molecule has 2 N–H and O–H groups in total. The van der Waals surface area contributed by atoms with Crippen LogP contribution in [0.1, 0.15) is 40.8 Å². The predicted molar refractivity (Wildman–Crippen MR) is 108 cm³/mol. The van der Waals surface area contributed by atoms with Gasteiger partial charge in [-0.3, -0.25) is 9.89 Å². The highest BCUT2D eigenvalue weighted by atomic mass is 32.2. The van der Waals surface area contributed by atoms with Crippen LogP contribution in [0.25, 0.3) is 11.3 Å². The summed E-state index contributed by atoms with van der Waals surface area (Å²) in [6.45, 7) is 0.857. The van der Waals surface area contributed by atoms with E-state index in [0.717, 1.165) is 0 Å². The molecule has 1 amide bonds. The van der Waals surface area contributed by atoms with Crippen molar-refractivity contribution in [1.82, 2.24) is 30.0 Å². The van der Waals surface area contributed by atoms with Crippen LogP contribution in [-0.4, -0.2) is 58.3 Å². The highest BCUT2D eigenvalue weighted by molar-refractivity contribution is 7.88. The molecule has 0 atom stereocenters.